The molecule has 2 heterocycles. The molecule has 0 aliphatic carbocycles. The van der Waals surface area contributed by atoms with Crippen LogP contribution in [0, 0.1) is 12.8 Å². The van der Waals surface area contributed by atoms with Crippen molar-refractivity contribution in [2.24, 2.45) is 18.0 Å². The van der Waals surface area contributed by atoms with Crippen LogP contribution in [0.2, 0.25) is 0 Å². The second-order valence-corrected chi connectivity index (χ2v) is 7.85. The maximum Gasteiger partial charge on any atom is 0.435 e. The minimum atomic E-state index is -4.50. The normalized spacial score (nSPS) is 19.4. The molecule has 32 heavy (non-hydrogen) atoms. The molecule has 1 aromatic carbocycles. The van der Waals surface area contributed by atoms with E-state index < -0.39 is 11.9 Å². The van der Waals surface area contributed by atoms with E-state index in [0.717, 1.165) is 25.0 Å². The highest BCUT2D eigenvalue weighted by atomic mass is 127. The topological polar surface area (TPSA) is 63.5 Å². The number of aromatic nitrogens is 2. The highest BCUT2D eigenvalue weighted by Gasteiger charge is 2.36. The van der Waals surface area contributed by atoms with Gasteiger partial charge in [0.2, 0.25) is 0 Å². The molecule has 1 aliphatic rings. The number of ether oxygens (including phenoxy) is 1. The summed E-state index contributed by atoms with van der Waals surface area (Å²) in [5, 5.41) is 9.94. The van der Waals surface area contributed by atoms with Gasteiger partial charge in [-0.2, -0.15) is 18.3 Å². The zero-order valence-electron chi connectivity index (χ0n) is 18.6. The summed E-state index contributed by atoms with van der Waals surface area (Å²) >= 11 is 0. The predicted molar refractivity (Wildman–Crippen MR) is 129 cm³/mol. The highest BCUT2D eigenvalue weighted by Crippen LogP contribution is 2.33. The highest BCUT2D eigenvalue weighted by molar-refractivity contribution is 14.0. The smallest absolute Gasteiger partial charge is 0.373 e. The van der Waals surface area contributed by atoms with Crippen molar-refractivity contribution in [1.82, 2.24) is 20.4 Å². The summed E-state index contributed by atoms with van der Waals surface area (Å²) in [6, 6.07) is 8.35. The fourth-order valence-electron chi connectivity index (χ4n) is 3.80. The Morgan fingerprint density at radius 3 is 2.62 bits per heavy atom. The molecule has 6 nitrogen and oxygen atoms in total. The second kappa shape index (κ2) is 11.9. The molecule has 178 valence electrons. The third kappa shape index (κ3) is 7.09. The largest absolute Gasteiger partial charge is 0.435 e. The molecule has 1 saturated heterocycles. The lowest BCUT2D eigenvalue weighted by Gasteiger charge is -2.32. The van der Waals surface area contributed by atoms with E-state index in [9.17, 15) is 13.2 Å². The predicted octanol–water partition coefficient (Wildman–Crippen LogP) is 4.59. The van der Waals surface area contributed by atoms with Crippen molar-refractivity contribution in [3.63, 3.8) is 0 Å². The molecule has 0 bridgehead atoms. The Morgan fingerprint density at radius 1 is 1.25 bits per heavy atom. The molecular weight excluding hydrogens is 534 g/mol. The Kier molecular flexibility index (Phi) is 9.81. The van der Waals surface area contributed by atoms with Crippen LogP contribution in [0.3, 0.4) is 0 Å². The van der Waals surface area contributed by atoms with Crippen LogP contribution in [-0.2, 0) is 24.5 Å². The molecule has 2 atom stereocenters. The first-order chi connectivity index (χ1) is 14.8. The summed E-state index contributed by atoms with van der Waals surface area (Å²) in [4.78, 5) is 4.37. The molecule has 0 saturated carbocycles. The van der Waals surface area contributed by atoms with Gasteiger partial charge in [-0.05, 0) is 32.3 Å². The van der Waals surface area contributed by atoms with Crippen LogP contribution in [0.25, 0.3) is 0 Å². The average Bonchev–Trinajstić information content (AvgIpc) is 3.12. The fraction of sp³-hybridized carbons (Fsp3) is 0.545. The van der Waals surface area contributed by atoms with Gasteiger partial charge in [-0.25, -0.2) is 4.99 Å². The minimum absolute atomic E-state index is 0. The van der Waals surface area contributed by atoms with Crippen LogP contribution in [0.1, 0.15) is 48.3 Å². The SMILES string of the molecule is CCNC(=NCc1cn(C)nc1C(F)(F)F)NCC1CCCOC1c1ccc(C)cc1.I. The Labute approximate surface area is 204 Å². The lowest BCUT2D eigenvalue weighted by atomic mass is 9.89. The van der Waals surface area contributed by atoms with Crippen molar-refractivity contribution in [3.05, 3.63) is 52.8 Å². The van der Waals surface area contributed by atoms with Crippen LogP contribution in [0.15, 0.2) is 35.5 Å². The molecule has 3 rings (SSSR count). The van der Waals surface area contributed by atoms with Gasteiger partial charge < -0.3 is 15.4 Å². The van der Waals surface area contributed by atoms with E-state index in [1.54, 1.807) is 0 Å². The number of benzene rings is 1. The van der Waals surface area contributed by atoms with E-state index in [4.69, 9.17) is 4.74 Å². The summed E-state index contributed by atoms with van der Waals surface area (Å²) < 4.78 is 46.8. The van der Waals surface area contributed by atoms with Gasteiger partial charge >= 0.3 is 6.18 Å². The minimum Gasteiger partial charge on any atom is -0.373 e. The quantitative estimate of drug-likeness (QED) is 0.306. The lowest BCUT2D eigenvalue weighted by molar-refractivity contribution is -0.142. The van der Waals surface area contributed by atoms with Crippen molar-refractivity contribution >= 4 is 29.9 Å². The third-order valence-electron chi connectivity index (χ3n) is 5.31. The Balaban J connectivity index is 0.00000363. The number of hydrogen-bond acceptors (Lipinski definition) is 3. The van der Waals surface area contributed by atoms with E-state index >= 15 is 0 Å². The molecule has 0 radical (unpaired) electrons. The molecule has 1 aliphatic heterocycles. The number of aryl methyl sites for hydroxylation is 2. The number of hydrogen-bond donors (Lipinski definition) is 2. The standard InChI is InChI=1S/C22H30F3N5O.HI/c1-4-26-21(28-13-18-14-30(3)29-20(18)22(23,24)25)27-12-17-6-5-11-31-19(17)16-9-7-15(2)8-10-16;/h7-10,14,17,19H,4-6,11-13H2,1-3H3,(H2,26,27,28);1H. The van der Waals surface area contributed by atoms with Crippen molar-refractivity contribution < 1.29 is 17.9 Å². The molecule has 0 amide bonds. The molecule has 1 fully saturated rings. The zero-order chi connectivity index (χ0) is 22.4. The summed E-state index contributed by atoms with van der Waals surface area (Å²) in [6.07, 6.45) is -1.17. The van der Waals surface area contributed by atoms with Crippen LogP contribution < -0.4 is 10.6 Å². The number of guanidine groups is 1. The van der Waals surface area contributed by atoms with Gasteiger partial charge in [0.1, 0.15) is 0 Å². The maximum atomic E-state index is 13.2. The number of alkyl halides is 3. The monoisotopic (exact) mass is 565 g/mol. The molecular formula is C22H31F3IN5O. The second-order valence-electron chi connectivity index (χ2n) is 7.85. The Bertz CT molecular complexity index is 883. The van der Waals surface area contributed by atoms with Gasteiger partial charge in [-0.1, -0.05) is 29.8 Å². The summed E-state index contributed by atoms with van der Waals surface area (Å²) in [6.45, 7) is 5.81. The van der Waals surface area contributed by atoms with Gasteiger partial charge in [0.25, 0.3) is 0 Å². The first-order valence-corrected chi connectivity index (χ1v) is 10.6. The Hall–Kier alpha value is -1.82. The van der Waals surface area contributed by atoms with E-state index in [0.29, 0.717) is 19.0 Å². The fourth-order valence-corrected chi connectivity index (χ4v) is 3.80. The van der Waals surface area contributed by atoms with E-state index in [-0.39, 0.29) is 48.1 Å². The Morgan fingerprint density at radius 2 is 1.97 bits per heavy atom. The number of aliphatic imine (C=N–C) groups is 1. The molecule has 2 unspecified atom stereocenters. The molecule has 1 aromatic heterocycles. The van der Waals surface area contributed by atoms with Crippen LogP contribution in [-0.4, -0.2) is 35.4 Å². The molecule has 10 heteroatoms. The molecule has 2 N–H and O–H groups in total. The van der Waals surface area contributed by atoms with Gasteiger partial charge in [-0.15, -0.1) is 24.0 Å². The lowest BCUT2D eigenvalue weighted by Crippen LogP contribution is -2.42. The van der Waals surface area contributed by atoms with Gasteiger partial charge in [0.15, 0.2) is 11.7 Å². The van der Waals surface area contributed by atoms with Crippen molar-refractivity contribution in [2.75, 3.05) is 19.7 Å². The first kappa shape index (κ1) is 26.4. The van der Waals surface area contributed by atoms with Crippen LogP contribution in [0.4, 0.5) is 13.2 Å². The zero-order valence-corrected chi connectivity index (χ0v) is 20.9. The number of nitrogens with zero attached hydrogens (tertiary/aromatic N) is 3. The van der Waals surface area contributed by atoms with Crippen molar-refractivity contribution in [3.8, 4) is 0 Å². The summed E-state index contributed by atoms with van der Waals surface area (Å²) in [5.41, 5.74) is 1.49. The summed E-state index contributed by atoms with van der Waals surface area (Å²) in [7, 11) is 1.47. The molecule has 0 spiro atoms. The van der Waals surface area contributed by atoms with E-state index in [1.165, 1.54) is 23.5 Å². The number of nitrogens with one attached hydrogen (secondary N) is 2. The first-order valence-electron chi connectivity index (χ1n) is 10.6. The van der Waals surface area contributed by atoms with E-state index in [2.05, 4.69) is 51.9 Å². The third-order valence-corrected chi connectivity index (χ3v) is 5.31. The van der Waals surface area contributed by atoms with Crippen molar-refractivity contribution in [2.45, 2.75) is 45.5 Å². The number of halogens is 4. The van der Waals surface area contributed by atoms with Gasteiger partial charge in [0.05, 0.1) is 12.6 Å². The van der Waals surface area contributed by atoms with Gasteiger partial charge in [-0.3, -0.25) is 4.68 Å². The number of rotatable bonds is 6. The van der Waals surface area contributed by atoms with E-state index in [1.807, 2.05) is 6.92 Å². The van der Waals surface area contributed by atoms with Crippen LogP contribution in [0.5, 0.6) is 0 Å². The van der Waals surface area contributed by atoms with Crippen LogP contribution >= 0.6 is 24.0 Å². The van der Waals surface area contributed by atoms with Gasteiger partial charge in [0, 0.05) is 44.4 Å². The molecule has 2 aromatic rings. The summed E-state index contributed by atoms with van der Waals surface area (Å²) in [5.74, 6) is 0.720. The van der Waals surface area contributed by atoms with Crippen molar-refractivity contribution in [1.29, 1.82) is 0 Å². The average molecular weight is 565 g/mol. The maximum absolute atomic E-state index is 13.2.